The number of benzene rings is 1. The van der Waals surface area contributed by atoms with Crippen LogP contribution in [-0.2, 0) is 0 Å². The average molecular weight is 268 g/mol. The van der Waals surface area contributed by atoms with Crippen molar-refractivity contribution in [1.29, 1.82) is 0 Å². The van der Waals surface area contributed by atoms with Crippen molar-refractivity contribution >= 4 is 28.2 Å². The monoisotopic (exact) mass is 267 g/mol. The molecule has 7 heteroatoms. The fourth-order valence-electron chi connectivity index (χ4n) is 1.63. The summed E-state index contributed by atoms with van der Waals surface area (Å²) in [5, 5.41) is 11.6. The van der Waals surface area contributed by atoms with Crippen LogP contribution in [0.5, 0.6) is 5.75 Å². The van der Waals surface area contributed by atoms with Gasteiger partial charge in [-0.15, -0.1) is 0 Å². The summed E-state index contributed by atoms with van der Waals surface area (Å²) in [7, 11) is 0. The Labute approximate surface area is 108 Å². The van der Waals surface area contributed by atoms with Crippen LogP contribution < -0.4 is 4.74 Å². The minimum Gasteiger partial charge on any atom is -0.487 e. The number of fused-ring (bicyclic) bond motifs is 1. The minimum atomic E-state index is -0.513. The van der Waals surface area contributed by atoms with Crippen molar-refractivity contribution in [2.45, 2.75) is 13.8 Å². The van der Waals surface area contributed by atoms with Crippen molar-refractivity contribution in [3.05, 3.63) is 33.2 Å². The standard InChI is InChI=1S/C11H10ClN3O3/c1-3-18-10-5-8-7(4-9(10)15(16)17)11(12)14-6(2)13-8/h4-5H,3H2,1-2H3. The van der Waals surface area contributed by atoms with Gasteiger partial charge in [0, 0.05) is 17.5 Å². The molecule has 0 radical (unpaired) electrons. The Kier molecular flexibility index (Phi) is 3.29. The van der Waals surface area contributed by atoms with Gasteiger partial charge in [0.05, 0.1) is 17.0 Å². The highest BCUT2D eigenvalue weighted by Gasteiger charge is 2.18. The molecule has 2 aromatic rings. The van der Waals surface area contributed by atoms with Crippen molar-refractivity contribution in [3.63, 3.8) is 0 Å². The molecule has 0 spiro atoms. The summed E-state index contributed by atoms with van der Waals surface area (Å²) in [5.74, 6) is 0.688. The van der Waals surface area contributed by atoms with E-state index in [1.165, 1.54) is 12.1 Å². The van der Waals surface area contributed by atoms with E-state index in [4.69, 9.17) is 16.3 Å². The molecule has 0 saturated heterocycles. The van der Waals surface area contributed by atoms with Crippen molar-refractivity contribution in [2.24, 2.45) is 0 Å². The number of rotatable bonds is 3. The Morgan fingerprint density at radius 3 is 2.78 bits per heavy atom. The fourth-order valence-corrected chi connectivity index (χ4v) is 1.90. The first kappa shape index (κ1) is 12.5. The molecule has 0 aliphatic rings. The molecule has 0 N–H and O–H groups in total. The lowest BCUT2D eigenvalue weighted by Gasteiger charge is -2.07. The van der Waals surface area contributed by atoms with Crippen LogP contribution in [0.15, 0.2) is 12.1 Å². The lowest BCUT2D eigenvalue weighted by molar-refractivity contribution is -0.385. The minimum absolute atomic E-state index is 0.140. The van der Waals surface area contributed by atoms with E-state index in [1.807, 2.05) is 0 Å². The van der Waals surface area contributed by atoms with E-state index in [9.17, 15) is 10.1 Å². The molecule has 6 nitrogen and oxygen atoms in total. The molecular weight excluding hydrogens is 258 g/mol. The summed E-state index contributed by atoms with van der Waals surface area (Å²) in [4.78, 5) is 18.6. The normalized spacial score (nSPS) is 10.6. The van der Waals surface area contributed by atoms with Crippen LogP contribution in [-0.4, -0.2) is 21.5 Å². The number of aromatic nitrogens is 2. The molecule has 1 aromatic heterocycles. The van der Waals surface area contributed by atoms with Crippen LogP contribution >= 0.6 is 11.6 Å². The van der Waals surface area contributed by atoms with E-state index in [2.05, 4.69) is 9.97 Å². The second-order valence-corrected chi connectivity index (χ2v) is 3.95. The van der Waals surface area contributed by atoms with Gasteiger partial charge in [0.1, 0.15) is 11.0 Å². The number of aryl methyl sites for hydroxylation is 1. The van der Waals surface area contributed by atoms with Crippen molar-refractivity contribution in [2.75, 3.05) is 6.61 Å². The predicted molar refractivity (Wildman–Crippen MR) is 67.1 cm³/mol. The van der Waals surface area contributed by atoms with Crippen molar-refractivity contribution in [1.82, 2.24) is 9.97 Å². The highest BCUT2D eigenvalue weighted by atomic mass is 35.5. The molecule has 0 amide bonds. The molecule has 0 saturated carbocycles. The van der Waals surface area contributed by atoms with Gasteiger partial charge in [0.2, 0.25) is 0 Å². The number of hydrogen-bond donors (Lipinski definition) is 0. The van der Waals surface area contributed by atoms with Gasteiger partial charge in [-0.3, -0.25) is 10.1 Å². The molecule has 0 unspecified atom stereocenters. The van der Waals surface area contributed by atoms with Gasteiger partial charge in [0.25, 0.3) is 0 Å². The summed E-state index contributed by atoms with van der Waals surface area (Å²) < 4.78 is 5.24. The lowest BCUT2D eigenvalue weighted by Crippen LogP contribution is -1.99. The molecule has 1 heterocycles. The number of nitro benzene ring substituents is 1. The topological polar surface area (TPSA) is 78.2 Å². The molecule has 0 atom stereocenters. The number of hydrogen-bond acceptors (Lipinski definition) is 5. The summed E-state index contributed by atoms with van der Waals surface area (Å²) in [6, 6.07) is 2.85. The van der Waals surface area contributed by atoms with Crippen molar-refractivity contribution in [3.8, 4) is 5.75 Å². The quantitative estimate of drug-likeness (QED) is 0.485. The molecule has 2 rings (SSSR count). The summed E-state index contributed by atoms with van der Waals surface area (Å²) in [6.07, 6.45) is 0. The highest BCUT2D eigenvalue weighted by Crippen LogP contribution is 2.33. The van der Waals surface area contributed by atoms with E-state index < -0.39 is 4.92 Å². The van der Waals surface area contributed by atoms with Crippen LogP contribution in [0.2, 0.25) is 5.15 Å². The van der Waals surface area contributed by atoms with Crippen LogP contribution in [0.4, 0.5) is 5.69 Å². The van der Waals surface area contributed by atoms with Gasteiger partial charge >= 0.3 is 5.69 Å². The van der Waals surface area contributed by atoms with E-state index in [-0.39, 0.29) is 16.6 Å². The number of nitrogens with zero attached hydrogens (tertiary/aromatic N) is 3. The average Bonchev–Trinajstić information content (AvgIpc) is 2.27. The third-order valence-corrected chi connectivity index (χ3v) is 2.63. The largest absolute Gasteiger partial charge is 0.487 e. The molecule has 1 aromatic carbocycles. The summed E-state index contributed by atoms with van der Waals surface area (Å²) >= 11 is 5.95. The highest BCUT2D eigenvalue weighted by molar-refractivity contribution is 6.34. The first-order valence-electron chi connectivity index (χ1n) is 5.28. The van der Waals surface area contributed by atoms with Crippen LogP contribution in [0.25, 0.3) is 10.9 Å². The maximum absolute atomic E-state index is 11.0. The number of ether oxygens (including phenoxy) is 1. The summed E-state index contributed by atoms with van der Waals surface area (Å²) in [5.41, 5.74) is 0.389. The zero-order valence-corrected chi connectivity index (χ0v) is 10.6. The van der Waals surface area contributed by atoms with E-state index >= 15 is 0 Å². The maximum atomic E-state index is 11.0. The Morgan fingerprint density at radius 1 is 1.44 bits per heavy atom. The van der Waals surface area contributed by atoms with Gasteiger partial charge in [0.15, 0.2) is 5.75 Å². The van der Waals surface area contributed by atoms with Crippen LogP contribution in [0.3, 0.4) is 0 Å². The fraction of sp³-hybridized carbons (Fsp3) is 0.273. The smallest absolute Gasteiger partial charge is 0.311 e. The second-order valence-electron chi connectivity index (χ2n) is 3.59. The van der Waals surface area contributed by atoms with E-state index in [1.54, 1.807) is 13.8 Å². The van der Waals surface area contributed by atoms with Gasteiger partial charge in [-0.2, -0.15) is 0 Å². The van der Waals surface area contributed by atoms with Gasteiger partial charge in [-0.25, -0.2) is 9.97 Å². The Hall–Kier alpha value is -1.95. The van der Waals surface area contributed by atoms with Crippen LogP contribution in [0.1, 0.15) is 12.7 Å². The predicted octanol–water partition coefficient (Wildman–Crippen LogP) is 2.90. The van der Waals surface area contributed by atoms with Gasteiger partial charge < -0.3 is 4.74 Å². The second kappa shape index (κ2) is 4.73. The first-order chi connectivity index (χ1) is 8.52. The molecule has 0 aliphatic carbocycles. The summed E-state index contributed by atoms with van der Waals surface area (Å²) in [6.45, 7) is 3.79. The lowest BCUT2D eigenvalue weighted by atomic mass is 10.2. The molecule has 94 valence electrons. The van der Waals surface area contributed by atoms with E-state index in [0.29, 0.717) is 23.3 Å². The molecule has 18 heavy (non-hydrogen) atoms. The molecular formula is C11H10ClN3O3. The van der Waals surface area contributed by atoms with Gasteiger partial charge in [-0.05, 0) is 13.8 Å². The molecule has 0 fully saturated rings. The molecule has 0 aliphatic heterocycles. The molecule has 0 bridgehead atoms. The van der Waals surface area contributed by atoms with Gasteiger partial charge in [-0.1, -0.05) is 11.6 Å². The van der Waals surface area contributed by atoms with Crippen LogP contribution in [0, 0.1) is 17.0 Å². The Bertz CT molecular complexity index is 630. The van der Waals surface area contributed by atoms with Crippen molar-refractivity contribution < 1.29 is 9.66 Å². The maximum Gasteiger partial charge on any atom is 0.311 e. The zero-order chi connectivity index (χ0) is 13.3. The number of halogens is 1. The SMILES string of the molecule is CCOc1cc2nc(C)nc(Cl)c2cc1[N+](=O)[O-]. The third-order valence-electron chi connectivity index (χ3n) is 2.34. The first-order valence-corrected chi connectivity index (χ1v) is 5.65. The van der Waals surface area contributed by atoms with E-state index in [0.717, 1.165) is 0 Å². The Morgan fingerprint density at radius 2 is 2.17 bits per heavy atom. The number of nitro groups is 1. The third kappa shape index (κ3) is 2.19. The zero-order valence-electron chi connectivity index (χ0n) is 9.81. The Balaban J connectivity index is 2.76.